The first-order valence-corrected chi connectivity index (χ1v) is 6.93. The van der Waals surface area contributed by atoms with E-state index in [0.717, 1.165) is 8.95 Å². The van der Waals surface area contributed by atoms with E-state index in [-0.39, 0.29) is 0 Å². The van der Waals surface area contributed by atoms with Crippen LogP contribution in [0.5, 0.6) is 0 Å². The number of halogens is 2. The van der Waals surface area contributed by atoms with Crippen molar-refractivity contribution in [1.29, 1.82) is 0 Å². The summed E-state index contributed by atoms with van der Waals surface area (Å²) < 4.78 is 2.22. The first-order valence-electron chi connectivity index (χ1n) is 5.35. The fraction of sp³-hybridized carbons (Fsp3) is 0.0667. The SMILES string of the molecule is CC(=Cc1ccc(Br)cc1)c1ccc(Br)cc1. The molecule has 0 N–H and O–H groups in total. The van der Waals surface area contributed by atoms with Crippen molar-refractivity contribution < 1.29 is 0 Å². The third kappa shape index (κ3) is 3.55. The summed E-state index contributed by atoms with van der Waals surface area (Å²) in [4.78, 5) is 0. The normalized spacial score (nSPS) is 11.6. The van der Waals surface area contributed by atoms with Crippen LogP contribution in [0.1, 0.15) is 18.1 Å². The van der Waals surface area contributed by atoms with Crippen molar-refractivity contribution >= 4 is 43.5 Å². The number of allylic oxidation sites excluding steroid dienone is 1. The van der Waals surface area contributed by atoms with Gasteiger partial charge in [0.05, 0.1) is 0 Å². The van der Waals surface area contributed by atoms with Crippen molar-refractivity contribution in [1.82, 2.24) is 0 Å². The maximum Gasteiger partial charge on any atom is 0.0175 e. The molecule has 0 aliphatic heterocycles. The van der Waals surface area contributed by atoms with Gasteiger partial charge in [0, 0.05) is 8.95 Å². The van der Waals surface area contributed by atoms with Crippen molar-refractivity contribution in [2.75, 3.05) is 0 Å². The minimum Gasteiger partial charge on any atom is -0.0539 e. The second kappa shape index (κ2) is 5.65. The van der Waals surface area contributed by atoms with Crippen molar-refractivity contribution in [2.24, 2.45) is 0 Å². The van der Waals surface area contributed by atoms with E-state index in [0.29, 0.717) is 0 Å². The highest BCUT2D eigenvalue weighted by Crippen LogP contribution is 2.20. The quantitative estimate of drug-likeness (QED) is 0.602. The fourth-order valence-corrected chi connectivity index (χ4v) is 2.13. The Morgan fingerprint density at radius 2 is 1.29 bits per heavy atom. The standard InChI is InChI=1S/C15H12Br2/c1-11(13-4-8-15(17)9-5-13)10-12-2-6-14(16)7-3-12/h2-10H,1H3. The van der Waals surface area contributed by atoms with Gasteiger partial charge in [0.1, 0.15) is 0 Å². The van der Waals surface area contributed by atoms with Gasteiger partial charge in [-0.3, -0.25) is 0 Å². The van der Waals surface area contributed by atoms with Gasteiger partial charge < -0.3 is 0 Å². The fourth-order valence-electron chi connectivity index (χ4n) is 1.61. The van der Waals surface area contributed by atoms with Gasteiger partial charge in [-0.1, -0.05) is 62.2 Å². The second-order valence-corrected chi connectivity index (χ2v) is 5.72. The number of hydrogen-bond donors (Lipinski definition) is 0. The highest BCUT2D eigenvalue weighted by Gasteiger charge is 1.96. The summed E-state index contributed by atoms with van der Waals surface area (Å²) in [5, 5.41) is 0. The molecule has 0 atom stereocenters. The molecular weight excluding hydrogens is 340 g/mol. The van der Waals surface area contributed by atoms with Crippen LogP contribution in [-0.4, -0.2) is 0 Å². The molecule has 0 fully saturated rings. The Bertz CT molecular complexity index is 522. The van der Waals surface area contributed by atoms with Crippen LogP contribution in [0.25, 0.3) is 11.6 Å². The minimum atomic E-state index is 1.11. The van der Waals surface area contributed by atoms with E-state index >= 15 is 0 Å². The maximum atomic E-state index is 3.44. The molecule has 0 aliphatic rings. The van der Waals surface area contributed by atoms with Gasteiger partial charge in [0.25, 0.3) is 0 Å². The van der Waals surface area contributed by atoms with Gasteiger partial charge in [-0.25, -0.2) is 0 Å². The summed E-state index contributed by atoms with van der Waals surface area (Å²) in [5.41, 5.74) is 3.73. The lowest BCUT2D eigenvalue weighted by Gasteiger charge is -2.02. The van der Waals surface area contributed by atoms with Crippen molar-refractivity contribution in [3.63, 3.8) is 0 Å². The van der Waals surface area contributed by atoms with Crippen LogP contribution in [0, 0.1) is 0 Å². The molecule has 2 heteroatoms. The van der Waals surface area contributed by atoms with Crippen molar-refractivity contribution in [2.45, 2.75) is 6.92 Å². The Kier molecular flexibility index (Phi) is 4.19. The van der Waals surface area contributed by atoms with Gasteiger partial charge in [-0.05, 0) is 47.9 Å². The third-order valence-electron chi connectivity index (χ3n) is 2.55. The van der Waals surface area contributed by atoms with E-state index in [9.17, 15) is 0 Å². The molecule has 86 valence electrons. The van der Waals surface area contributed by atoms with Crippen LogP contribution in [0.3, 0.4) is 0 Å². The van der Waals surface area contributed by atoms with Crippen LogP contribution >= 0.6 is 31.9 Å². The first-order chi connectivity index (χ1) is 8.15. The molecule has 0 saturated heterocycles. The lowest BCUT2D eigenvalue weighted by Crippen LogP contribution is -1.79. The summed E-state index contributed by atoms with van der Waals surface area (Å²) in [6.07, 6.45) is 2.19. The Balaban J connectivity index is 2.27. The highest BCUT2D eigenvalue weighted by molar-refractivity contribution is 9.10. The van der Waals surface area contributed by atoms with E-state index in [4.69, 9.17) is 0 Å². The van der Waals surface area contributed by atoms with E-state index in [1.54, 1.807) is 0 Å². The summed E-state index contributed by atoms with van der Waals surface area (Å²) in [5.74, 6) is 0. The lowest BCUT2D eigenvalue weighted by atomic mass is 10.0. The van der Waals surface area contributed by atoms with Gasteiger partial charge >= 0.3 is 0 Å². The number of rotatable bonds is 2. The van der Waals surface area contributed by atoms with Gasteiger partial charge in [0.2, 0.25) is 0 Å². The minimum absolute atomic E-state index is 1.11. The Morgan fingerprint density at radius 1 is 0.824 bits per heavy atom. The monoisotopic (exact) mass is 350 g/mol. The zero-order valence-corrected chi connectivity index (χ0v) is 12.6. The Morgan fingerprint density at radius 3 is 1.82 bits per heavy atom. The average molecular weight is 352 g/mol. The molecule has 0 bridgehead atoms. The van der Waals surface area contributed by atoms with Gasteiger partial charge in [-0.2, -0.15) is 0 Å². The predicted octanol–water partition coefficient (Wildman–Crippen LogP) is 5.77. The summed E-state index contributed by atoms with van der Waals surface area (Å²) in [7, 11) is 0. The van der Waals surface area contributed by atoms with Crippen LogP contribution < -0.4 is 0 Å². The van der Waals surface area contributed by atoms with Crippen molar-refractivity contribution in [3.8, 4) is 0 Å². The van der Waals surface area contributed by atoms with Crippen LogP contribution in [0.2, 0.25) is 0 Å². The van der Waals surface area contributed by atoms with E-state index in [2.05, 4.69) is 93.4 Å². The molecule has 0 saturated carbocycles. The van der Waals surface area contributed by atoms with E-state index in [1.807, 2.05) is 0 Å². The van der Waals surface area contributed by atoms with Crippen LogP contribution in [0.15, 0.2) is 57.5 Å². The van der Waals surface area contributed by atoms with E-state index in [1.165, 1.54) is 16.7 Å². The molecule has 0 radical (unpaired) electrons. The highest BCUT2D eigenvalue weighted by atomic mass is 79.9. The molecule has 2 rings (SSSR count). The summed E-state index contributed by atoms with van der Waals surface area (Å²) in [6.45, 7) is 2.13. The van der Waals surface area contributed by atoms with E-state index < -0.39 is 0 Å². The molecule has 0 aliphatic carbocycles. The first kappa shape index (κ1) is 12.6. The Hall–Kier alpha value is -0.860. The molecule has 0 unspecified atom stereocenters. The summed E-state index contributed by atoms with van der Waals surface area (Å²) in [6, 6.07) is 16.7. The second-order valence-electron chi connectivity index (χ2n) is 3.89. The van der Waals surface area contributed by atoms with Crippen LogP contribution in [-0.2, 0) is 0 Å². The molecule has 0 spiro atoms. The topological polar surface area (TPSA) is 0 Å². The smallest absolute Gasteiger partial charge is 0.0175 e. The van der Waals surface area contributed by atoms with Gasteiger partial charge in [-0.15, -0.1) is 0 Å². The molecule has 17 heavy (non-hydrogen) atoms. The molecule has 0 aromatic heterocycles. The largest absolute Gasteiger partial charge is 0.0539 e. The molecule has 0 heterocycles. The zero-order chi connectivity index (χ0) is 12.3. The average Bonchev–Trinajstić information content (AvgIpc) is 2.33. The predicted molar refractivity (Wildman–Crippen MR) is 81.8 cm³/mol. The molecular formula is C15H12Br2. The van der Waals surface area contributed by atoms with Crippen molar-refractivity contribution in [3.05, 3.63) is 68.6 Å². The zero-order valence-electron chi connectivity index (χ0n) is 9.45. The number of benzene rings is 2. The van der Waals surface area contributed by atoms with Gasteiger partial charge in [0.15, 0.2) is 0 Å². The van der Waals surface area contributed by atoms with Crippen LogP contribution in [0.4, 0.5) is 0 Å². The molecule has 2 aromatic carbocycles. The molecule has 0 amide bonds. The molecule has 2 aromatic rings. The summed E-state index contributed by atoms with van der Waals surface area (Å²) >= 11 is 6.88. The molecule has 0 nitrogen and oxygen atoms in total. The Labute approximate surface area is 119 Å². The lowest BCUT2D eigenvalue weighted by molar-refractivity contribution is 1.54. The number of hydrogen-bond acceptors (Lipinski definition) is 0. The third-order valence-corrected chi connectivity index (χ3v) is 3.61. The maximum absolute atomic E-state index is 3.44.